The molecule has 1 amide bonds. The van der Waals surface area contributed by atoms with Crippen LogP contribution in [-0.2, 0) is 4.79 Å². The van der Waals surface area contributed by atoms with E-state index in [1.165, 1.54) is 0 Å². The highest BCUT2D eigenvalue weighted by Crippen LogP contribution is 2.25. The fourth-order valence-electron chi connectivity index (χ4n) is 2.08. The number of nitriles is 1. The molecule has 0 fully saturated rings. The second-order valence-corrected chi connectivity index (χ2v) is 6.91. The van der Waals surface area contributed by atoms with E-state index in [0.29, 0.717) is 16.8 Å². The molecule has 0 aliphatic carbocycles. The second-order valence-electron chi connectivity index (χ2n) is 5.12. The summed E-state index contributed by atoms with van der Waals surface area (Å²) in [6.45, 7) is 1.88. The van der Waals surface area contributed by atoms with Gasteiger partial charge in [0.15, 0.2) is 0 Å². The Kier molecular flexibility index (Phi) is 5.88. The summed E-state index contributed by atoms with van der Waals surface area (Å²) in [4.78, 5) is 17.0. The number of pyridine rings is 1. The summed E-state index contributed by atoms with van der Waals surface area (Å²) >= 11 is 2.24. The maximum absolute atomic E-state index is 12.1. The number of aryl methyl sites for hydroxylation is 1. The van der Waals surface area contributed by atoms with Crippen LogP contribution in [0, 0.1) is 17.6 Å². The first-order valence-electron chi connectivity index (χ1n) is 7.49. The van der Waals surface area contributed by atoms with E-state index in [0.717, 1.165) is 39.5 Å². The number of carbonyl (C=O) groups is 1. The van der Waals surface area contributed by atoms with Crippen LogP contribution in [0.1, 0.15) is 5.56 Å². The molecule has 0 radical (unpaired) electrons. The van der Waals surface area contributed by atoms with Gasteiger partial charge in [-0.15, -0.1) is 10.2 Å². The Bertz CT molecular complexity index is 953. The van der Waals surface area contributed by atoms with Crippen molar-refractivity contribution in [1.29, 1.82) is 5.26 Å². The third kappa shape index (κ3) is 4.62. The Labute approximate surface area is 158 Å². The van der Waals surface area contributed by atoms with Crippen LogP contribution in [0.15, 0.2) is 57.3 Å². The quantitative estimate of drug-likeness (QED) is 0.507. The van der Waals surface area contributed by atoms with Crippen molar-refractivity contribution in [3.8, 4) is 16.9 Å². The number of aromatic nitrogens is 3. The van der Waals surface area contributed by atoms with Gasteiger partial charge in [-0.3, -0.25) is 9.78 Å². The van der Waals surface area contributed by atoms with Gasteiger partial charge in [0.05, 0.1) is 11.3 Å². The summed E-state index contributed by atoms with van der Waals surface area (Å²) in [6, 6.07) is 9.03. The van der Waals surface area contributed by atoms with Crippen molar-refractivity contribution in [2.75, 3.05) is 11.1 Å². The van der Waals surface area contributed by atoms with E-state index < -0.39 is 0 Å². The number of nitrogens with one attached hydrogen (secondary N) is 1. The van der Waals surface area contributed by atoms with Crippen molar-refractivity contribution in [1.82, 2.24) is 15.2 Å². The van der Waals surface area contributed by atoms with Gasteiger partial charge < -0.3 is 9.73 Å². The molecular formula is C17H13N5O2S2. The Balaban J connectivity index is 1.56. The third-order valence-corrected chi connectivity index (χ3v) is 4.68. The van der Waals surface area contributed by atoms with E-state index in [1.54, 1.807) is 30.6 Å². The highest BCUT2D eigenvalue weighted by atomic mass is 32.2. The molecule has 0 aliphatic heterocycles. The first kappa shape index (κ1) is 18.0. The molecule has 3 rings (SSSR count). The molecule has 0 atom stereocenters. The zero-order chi connectivity index (χ0) is 18.4. The number of anilines is 1. The molecule has 2 aromatic heterocycles. The lowest BCUT2D eigenvalue weighted by atomic mass is 10.2. The lowest BCUT2D eigenvalue weighted by molar-refractivity contribution is -0.113. The van der Waals surface area contributed by atoms with Gasteiger partial charge in [-0.2, -0.15) is 5.26 Å². The molecule has 1 aromatic carbocycles. The summed E-state index contributed by atoms with van der Waals surface area (Å²) in [5.74, 6) is 0.324. The minimum absolute atomic E-state index is 0.142. The molecule has 1 N–H and O–H groups in total. The second kappa shape index (κ2) is 8.51. The van der Waals surface area contributed by atoms with Crippen molar-refractivity contribution < 1.29 is 9.21 Å². The summed E-state index contributed by atoms with van der Waals surface area (Å²) < 4.78 is 5.52. The summed E-state index contributed by atoms with van der Waals surface area (Å²) in [5.41, 5.74) is 2.32. The van der Waals surface area contributed by atoms with E-state index in [2.05, 4.69) is 20.5 Å². The molecule has 0 aliphatic rings. The van der Waals surface area contributed by atoms with Crippen LogP contribution in [0.5, 0.6) is 0 Å². The van der Waals surface area contributed by atoms with E-state index in [4.69, 9.17) is 9.68 Å². The molecule has 0 spiro atoms. The number of carbonyl (C=O) groups excluding carboxylic acids is 1. The van der Waals surface area contributed by atoms with Crippen molar-refractivity contribution in [3.63, 3.8) is 0 Å². The van der Waals surface area contributed by atoms with Crippen LogP contribution in [-0.4, -0.2) is 26.8 Å². The average molecular weight is 383 g/mol. The maximum Gasteiger partial charge on any atom is 0.277 e. The topological polar surface area (TPSA) is 105 Å². The standard InChI is InChI=1S/C17H13N5O2S2/c1-11-7-13(26-10-18)4-5-14(11)20-15(23)9-25-17-22-21-16(24-17)12-3-2-6-19-8-12/h2-8H,9H2,1H3,(H,20,23). The van der Waals surface area contributed by atoms with Crippen LogP contribution in [0.3, 0.4) is 0 Å². The number of benzene rings is 1. The predicted octanol–water partition coefficient (Wildman–Crippen LogP) is 3.74. The number of rotatable bonds is 6. The number of hydrogen-bond acceptors (Lipinski definition) is 8. The van der Waals surface area contributed by atoms with Gasteiger partial charge >= 0.3 is 0 Å². The molecule has 0 bridgehead atoms. The highest BCUT2D eigenvalue weighted by molar-refractivity contribution is 8.03. The van der Waals surface area contributed by atoms with Gasteiger partial charge in [0, 0.05) is 23.0 Å². The minimum atomic E-state index is -0.181. The van der Waals surface area contributed by atoms with Gasteiger partial charge in [-0.05, 0) is 54.6 Å². The maximum atomic E-state index is 12.1. The number of thioether (sulfide) groups is 2. The Hall–Kier alpha value is -2.83. The van der Waals surface area contributed by atoms with Crippen LogP contribution in [0.25, 0.3) is 11.5 Å². The van der Waals surface area contributed by atoms with Crippen LogP contribution in [0.4, 0.5) is 5.69 Å². The van der Waals surface area contributed by atoms with Crippen LogP contribution in [0.2, 0.25) is 0 Å². The highest BCUT2D eigenvalue weighted by Gasteiger charge is 2.12. The monoisotopic (exact) mass is 383 g/mol. The lowest BCUT2D eigenvalue weighted by Crippen LogP contribution is -2.14. The van der Waals surface area contributed by atoms with Gasteiger partial charge in [-0.1, -0.05) is 11.8 Å². The fourth-order valence-corrected chi connectivity index (χ4v) is 3.12. The molecule has 0 saturated heterocycles. The van der Waals surface area contributed by atoms with E-state index >= 15 is 0 Å². The molecule has 26 heavy (non-hydrogen) atoms. The molecule has 0 saturated carbocycles. The zero-order valence-corrected chi connectivity index (χ0v) is 15.3. The van der Waals surface area contributed by atoms with Crippen molar-refractivity contribution in [2.24, 2.45) is 0 Å². The predicted molar refractivity (Wildman–Crippen MR) is 99.5 cm³/mol. The Morgan fingerprint density at radius 3 is 2.96 bits per heavy atom. The molecule has 3 aromatic rings. The zero-order valence-electron chi connectivity index (χ0n) is 13.7. The van der Waals surface area contributed by atoms with E-state index in [1.807, 2.05) is 24.5 Å². The van der Waals surface area contributed by atoms with Gasteiger partial charge in [0.2, 0.25) is 11.8 Å². The first-order valence-corrected chi connectivity index (χ1v) is 9.29. The SMILES string of the molecule is Cc1cc(SC#N)ccc1NC(=O)CSc1nnc(-c2cccnc2)o1. The Morgan fingerprint density at radius 1 is 1.35 bits per heavy atom. The fraction of sp³-hybridized carbons (Fsp3) is 0.118. The van der Waals surface area contributed by atoms with E-state index in [9.17, 15) is 4.79 Å². The first-order chi connectivity index (χ1) is 12.7. The summed E-state index contributed by atoms with van der Waals surface area (Å²) in [7, 11) is 0. The molecule has 0 unspecified atom stereocenters. The number of amides is 1. The largest absolute Gasteiger partial charge is 0.411 e. The third-order valence-electron chi connectivity index (χ3n) is 3.28. The number of hydrogen-bond donors (Lipinski definition) is 1. The van der Waals surface area contributed by atoms with Gasteiger partial charge in [-0.25, -0.2) is 0 Å². The Morgan fingerprint density at radius 2 is 2.23 bits per heavy atom. The van der Waals surface area contributed by atoms with Crippen molar-refractivity contribution in [2.45, 2.75) is 17.0 Å². The molecule has 130 valence electrons. The lowest BCUT2D eigenvalue weighted by Gasteiger charge is -2.08. The van der Waals surface area contributed by atoms with Crippen LogP contribution < -0.4 is 5.32 Å². The molecule has 9 heteroatoms. The normalized spacial score (nSPS) is 10.3. The van der Waals surface area contributed by atoms with Crippen LogP contribution >= 0.6 is 23.5 Å². The summed E-state index contributed by atoms with van der Waals surface area (Å²) in [5, 5.41) is 21.7. The van der Waals surface area contributed by atoms with Crippen molar-refractivity contribution >= 4 is 35.1 Å². The van der Waals surface area contributed by atoms with E-state index in [-0.39, 0.29) is 11.7 Å². The smallest absolute Gasteiger partial charge is 0.277 e. The molecular weight excluding hydrogens is 370 g/mol. The number of nitrogens with zero attached hydrogens (tertiary/aromatic N) is 4. The number of thiocyanates is 1. The minimum Gasteiger partial charge on any atom is -0.411 e. The summed E-state index contributed by atoms with van der Waals surface area (Å²) in [6.07, 6.45) is 3.29. The van der Waals surface area contributed by atoms with Crippen molar-refractivity contribution in [3.05, 3.63) is 48.3 Å². The molecule has 7 nitrogen and oxygen atoms in total. The molecule has 2 heterocycles. The van der Waals surface area contributed by atoms with Gasteiger partial charge in [0.25, 0.3) is 5.22 Å². The average Bonchev–Trinajstić information content (AvgIpc) is 3.12. The van der Waals surface area contributed by atoms with Gasteiger partial charge in [0.1, 0.15) is 5.40 Å².